The first-order chi connectivity index (χ1) is 12.6. The fraction of sp³-hybridized carbons (Fsp3) is 0.900. The Morgan fingerprint density at radius 2 is 1.15 bits per heavy atom. The molecule has 0 bridgehead atoms. The van der Waals surface area contributed by atoms with Crippen LogP contribution in [0.3, 0.4) is 0 Å². The molecule has 0 spiro atoms. The summed E-state index contributed by atoms with van der Waals surface area (Å²) in [7, 11) is 0. The lowest BCUT2D eigenvalue weighted by molar-refractivity contribution is 0.190. The van der Waals surface area contributed by atoms with Crippen molar-refractivity contribution < 1.29 is 0 Å². The lowest BCUT2D eigenvalue weighted by Gasteiger charge is -2.30. The molecular formula is C20H38N6. The molecule has 0 aromatic carbocycles. The Hall–Kier alpha value is -1.14. The molecule has 2 aliphatic heterocycles. The van der Waals surface area contributed by atoms with Gasteiger partial charge in [0.15, 0.2) is 11.6 Å². The van der Waals surface area contributed by atoms with Crippen molar-refractivity contribution in [3.8, 4) is 0 Å². The van der Waals surface area contributed by atoms with Crippen LogP contribution in [-0.2, 0) is 12.8 Å². The fourth-order valence-electron chi connectivity index (χ4n) is 4.19. The lowest BCUT2D eigenvalue weighted by atomic mass is 9.99. The van der Waals surface area contributed by atoms with Gasteiger partial charge in [-0.3, -0.25) is 0 Å². The summed E-state index contributed by atoms with van der Waals surface area (Å²) < 4.78 is 1.75. The van der Waals surface area contributed by atoms with Crippen LogP contribution in [0.1, 0.15) is 64.0 Å². The minimum absolute atomic E-state index is 0.897. The van der Waals surface area contributed by atoms with Crippen LogP contribution >= 0.6 is 0 Å². The van der Waals surface area contributed by atoms with E-state index in [2.05, 4.69) is 33.8 Å². The van der Waals surface area contributed by atoms with Crippen molar-refractivity contribution in [2.75, 3.05) is 45.1 Å². The quantitative estimate of drug-likeness (QED) is 0.719. The van der Waals surface area contributed by atoms with Crippen LogP contribution in [0.2, 0.25) is 0 Å². The van der Waals surface area contributed by atoms with Gasteiger partial charge in [0.25, 0.3) is 0 Å². The van der Waals surface area contributed by atoms with Crippen molar-refractivity contribution in [1.29, 1.82) is 0 Å². The molecule has 2 saturated heterocycles. The van der Waals surface area contributed by atoms with Crippen LogP contribution in [0, 0.1) is 11.8 Å². The smallest absolute Gasteiger partial charge is 0.151 e. The summed E-state index contributed by atoms with van der Waals surface area (Å²) in [6.45, 7) is 12.0. The molecule has 0 saturated carbocycles. The molecule has 1 aromatic rings. The van der Waals surface area contributed by atoms with Gasteiger partial charge in [0.05, 0.1) is 0 Å². The standard InChI is InChI=1S/C20H38N6/c1-17-7-13-24(14-8-17)11-3-5-19-22-23-20(26(19)21)6-4-12-25-15-9-18(2)10-16-25/h17-18H,3-16,21H2,1-2H3. The molecule has 26 heavy (non-hydrogen) atoms. The Morgan fingerprint density at radius 1 is 0.769 bits per heavy atom. The summed E-state index contributed by atoms with van der Waals surface area (Å²) in [5.74, 6) is 9.92. The molecule has 2 N–H and O–H groups in total. The Morgan fingerprint density at radius 3 is 1.54 bits per heavy atom. The maximum Gasteiger partial charge on any atom is 0.151 e. The van der Waals surface area contributed by atoms with Crippen molar-refractivity contribution in [2.45, 2.75) is 65.2 Å². The molecular weight excluding hydrogens is 324 g/mol. The first kappa shape index (κ1) is 19.6. The predicted octanol–water partition coefficient (Wildman–Crippen LogP) is 2.32. The van der Waals surface area contributed by atoms with E-state index in [4.69, 9.17) is 5.84 Å². The second-order valence-electron chi connectivity index (χ2n) is 8.66. The van der Waals surface area contributed by atoms with Crippen LogP contribution in [-0.4, -0.2) is 63.9 Å². The van der Waals surface area contributed by atoms with Crippen molar-refractivity contribution in [3.05, 3.63) is 11.6 Å². The van der Waals surface area contributed by atoms with E-state index in [1.54, 1.807) is 4.68 Å². The van der Waals surface area contributed by atoms with E-state index in [0.717, 1.165) is 62.3 Å². The normalized spacial score (nSPS) is 21.5. The average Bonchev–Trinajstić information content (AvgIpc) is 2.99. The maximum absolute atomic E-state index is 6.24. The van der Waals surface area contributed by atoms with Gasteiger partial charge in [-0.05, 0) is 89.6 Å². The number of nitrogen functional groups attached to an aromatic ring is 1. The Kier molecular flexibility index (Phi) is 7.32. The number of nitrogens with two attached hydrogens (primary N) is 1. The summed E-state index contributed by atoms with van der Waals surface area (Å²) in [5.41, 5.74) is 0. The molecule has 3 rings (SSSR count). The third-order valence-electron chi connectivity index (χ3n) is 6.34. The summed E-state index contributed by atoms with van der Waals surface area (Å²) in [6.07, 6.45) is 9.46. The van der Waals surface area contributed by atoms with E-state index in [-0.39, 0.29) is 0 Å². The predicted molar refractivity (Wildman–Crippen MR) is 106 cm³/mol. The molecule has 2 aliphatic rings. The number of rotatable bonds is 8. The van der Waals surface area contributed by atoms with E-state index in [9.17, 15) is 0 Å². The molecule has 0 amide bonds. The van der Waals surface area contributed by atoms with E-state index < -0.39 is 0 Å². The molecule has 1 aromatic heterocycles. The number of aryl methyl sites for hydroxylation is 2. The molecule has 0 aliphatic carbocycles. The highest BCUT2D eigenvalue weighted by Gasteiger charge is 2.17. The first-order valence-corrected chi connectivity index (χ1v) is 10.7. The monoisotopic (exact) mass is 362 g/mol. The third kappa shape index (κ3) is 5.68. The van der Waals surface area contributed by atoms with Crippen LogP contribution in [0.4, 0.5) is 0 Å². The summed E-state index contributed by atoms with van der Waals surface area (Å²) in [4.78, 5) is 5.16. The highest BCUT2D eigenvalue weighted by molar-refractivity contribution is 4.96. The topological polar surface area (TPSA) is 63.2 Å². The Labute approximate surface area is 159 Å². The molecule has 2 fully saturated rings. The van der Waals surface area contributed by atoms with Gasteiger partial charge in [-0.25, -0.2) is 4.68 Å². The molecule has 148 valence electrons. The van der Waals surface area contributed by atoms with Gasteiger partial charge < -0.3 is 15.6 Å². The number of hydrogen-bond acceptors (Lipinski definition) is 5. The van der Waals surface area contributed by atoms with Gasteiger partial charge in [0, 0.05) is 12.8 Å². The minimum atomic E-state index is 0.897. The van der Waals surface area contributed by atoms with Gasteiger partial charge in [-0.1, -0.05) is 13.8 Å². The van der Waals surface area contributed by atoms with Crippen molar-refractivity contribution in [3.63, 3.8) is 0 Å². The van der Waals surface area contributed by atoms with Gasteiger partial charge >= 0.3 is 0 Å². The van der Waals surface area contributed by atoms with Crippen molar-refractivity contribution in [1.82, 2.24) is 24.7 Å². The maximum atomic E-state index is 6.24. The van der Waals surface area contributed by atoms with Gasteiger partial charge in [0.2, 0.25) is 0 Å². The summed E-state index contributed by atoms with van der Waals surface area (Å²) in [6, 6.07) is 0. The second-order valence-corrected chi connectivity index (χ2v) is 8.66. The second kappa shape index (κ2) is 9.70. The largest absolute Gasteiger partial charge is 0.336 e. The van der Waals surface area contributed by atoms with Crippen molar-refractivity contribution >= 4 is 0 Å². The van der Waals surface area contributed by atoms with E-state index in [1.807, 2.05) is 0 Å². The van der Waals surface area contributed by atoms with Gasteiger partial charge in [-0.15, -0.1) is 10.2 Å². The first-order valence-electron chi connectivity index (χ1n) is 10.7. The summed E-state index contributed by atoms with van der Waals surface area (Å²) >= 11 is 0. The molecule has 0 atom stereocenters. The minimum Gasteiger partial charge on any atom is -0.336 e. The zero-order valence-corrected chi connectivity index (χ0v) is 16.9. The van der Waals surface area contributed by atoms with Crippen LogP contribution < -0.4 is 5.84 Å². The zero-order valence-electron chi connectivity index (χ0n) is 16.9. The number of piperidine rings is 2. The van der Waals surface area contributed by atoms with E-state index in [0.29, 0.717) is 0 Å². The van der Waals surface area contributed by atoms with Crippen LogP contribution in [0.5, 0.6) is 0 Å². The van der Waals surface area contributed by atoms with Gasteiger partial charge in [0.1, 0.15) is 0 Å². The zero-order chi connectivity index (χ0) is 18.4. The number of hydrogen-bond donors (Lipinski definition) is 1. The SMILES string of the molecule is CC1CCN(CCCc2nnc(CCCN3CCC(C)CC3)n2N)CC1. The van der Waals surface area contributed by atoms with Crippen molar-refractivity contribution in [2.24, 2.45) is 11.8 Å². The summed E-state index contributed by atoms with van der Waals surface area (Å²) in [5, 5.41) is 8.68. The molecule has 3 heterocycles. The Bertz CT molecular complexity index is 481. The highest BCUT2D eigenvalue weighted by Crippen LogP contribution is 2.17. The highest BCUT2D eigenvalue weighted by atomic mass is 15.4. The average molecular weight is 363 g/mol. The molecule has 6 heteroatoms. The third-order valence-corrected chi connectivity index (χ3v) is 6.34. The number of nitrogens with zero attached hydrogens (tertiary/aromatic N) is 5. The van der Waals surface area contributed by atoms with Gasteiger partial charge in [-0.2, -0.15) is 0 Å². The van der Waals surface area contributed by atoms with E-state index >= 15 is 0 Å². The van der Waals surface area contributed by atoms with Crippen LogP contribution in [0.15, 0.2) is 0 Å². The van der Waals surface area contributed by atoms with E-state index in [1.165, 1.54) is 51.9 Å². The number of likely N-dealkylation sites (tertiary alicyclic amines) is 2. The lowest BCUT2D eigenvalue weighted by Crippen LogP contribution is -2.34. The van der Waals surface area contributed by atoms with Crippen LogP contribution in [0.25, 0.3) is 0 Å². The molecule has 6 nitrogen and oxygen atoms in total. The molecule has 0 radical (unpaired) electrons. The Balaban J connectivity index is 1.34. The number of aromatic nitrogens is 3. The molecule has 0 unspecified atom stereocenters. The fourth-order valence-corrected chi connectivity index (χ4v) is 4.19.